The highest BCUT2D eigenvalue weighted by Crippen LogP contribution is 2.33. The predicted molar refractivity (Wildman–Crippen MR) is 29.7 cm³/mol. The Bertz CT molecular complexity index is 95.2. The van der Waals surface area contributed by atoms with Crippen molar-refractivity contribution >= 4 is 0 Å². The molecule has 1 rings (SSSR count). The second-order valence-corrected chi connectivity index (χ2v) is 1.68. The summed E-state index contributed by atoms with van der Waals surface area (Å²) in [6.07, 6.45) is 6.46. The summed E-state index contributed by atoms with van der Waals surface area (Å²) in [4.78, 5) is 0. The minimum absolute atomic E-state index is 0. The van der Waals surface area contributed by atoms with Crippen molar-refractivity contribution in [3.63, 3.8) is 0 Å². The zero-order valence-electron chi connectivity index (χ0n) is 3.44. The van der Waals surface area contributed by atoms with Crippen LogP contribution in [0.1, 0.15) is 20.3 Å². The first-order valence-corrected chi connectivity index (χ1v) is 1.97. The van der Waals surface area contributed by atoms with Crippen LogP contribution in [0.4, 0.5) is 0 Å². The molecule has 1 saturated carbocycles. The molecule has 0 heterocycles. The standard InChI is InChI=1S/C5H6O.CH4/c1-2-5(6)3-4-5;/h1,6H,3-4H2;1H4. The van der Waals surface area contributed by atoms with Gasteiger partial charge in [-0.05, 0) is 12.8 Å². The molecule has 1 aliphatic carbocycles. The van der Waals surface area contributed by atoms with Crippen LogP contribution in [0.2, 0.25) is 0 Å². The molecule has 0 atom stereocenters. The van der Waals surface area contributed by atoms with Crippen LogP contribution >= 0.6 is 0 Å². The van der Waals surface area contributed by atoms with Crippen molar-refractivity contribution in [2.45, 2.75) is 25.9 Å². The Morgan fingerprint density at radius 2 is 2.00 bits per heavy atom. The SMILES string of the molecule is C.C#CC1(O)CC1. The van der Waals surface area contributed by atoms with E-state index in [0.29, 0.717) is 0 Å². The van der Waals surface area contributed by atoms with Crippen molar-refractivity contribution in [1.82, 2.24) is 0 Å². The number of aliphatic hydroxyl groups is 1. The van der Waals surface area contributed by atoms with Gasteiger partial charge in [-0.25, -0.2) is 0 Å². The Balaban J connectivity index is 0.000000360. The van der Waals surface area contributed by atoms with Crippen LogP contribution in [0.3, 0.4) is 0 Å². The first-order valence-electron chi connectivity index (χ1n) is 1.97. The molecule has 0 radical (unpaired) electrons. The number of rotatable bonds is 0. The molecule has 7 heavy (non-hydrogen) atoms. The molecule has 1 nitrogen and oxygen atoms in total. The zero-order chi connectivity index (χ0) is 4.62. The van der Waals surface area contributed by atoms with Gasteiger partial charge in [0, 0.05) is 0 Å². The van der Waals surface area contributed by atoms with Gasteiger partial charge in [-0.1, -0.05) is 13.3 Å². The van der Waals surface area contributed by atoms with Crippen LogP contribution in [0.15, 0.2) is 0 Å². The molecule has 0 spiro atoms. The molecule has 0 saturated heterocycles. The minimum Gasteiger partial charge on any atom is -0.378 e. The van der Waals surface area contributed by atoms with Gasteiger partial charge in [-0.15, -0.1) is 6.42 Å². The predicted octanol–water partition coefficient (Wildman–Crippen LogP) is 0.781. The molecule has 0 aliphatic heterocycles. The van der Waals surface area contributed by atoms with Crippen molar-refractivity contribution in [3.05, 3.63) is 0 Å². The summed E-state index contributed by atoms with van der Waals surface area (Å²) in [5, 5.41) is 8.70. The highest BCUT2D eigenvalue weighted by atomic mass is 16.3. The smallest absolute Gasteiger partial charge is 0.125 e. The lowest BCUT2D eigenvalue weighted by Crippen LogP contribution is -1.98. The highest BCUT2D eigenvalue weighted by molar-refractivity contribution is 5.16. The average molecular weight is 98.1 g/mol. The third-order valence-electron chi connectivity index (χ3n) is 0.992. The van der Waals surface area contributed by atoms with E-state index in [4.69, 9.17) is 11.5 Å². The van der Waals surface area contributed by atoms with E-state index in [1.807, 2.05) is 0 Å². The van der Waals surface area contributed by atoms with Gasteiger partial charge in [-0.2, -0.15) is 0 Å². The number of terminal acetylenes is 1. The maximum absolute atomic E-state index is 8.70. The molecule has 1 N–H and O–H groups in total. The summed E-state index contributed by atoms with van der Waals surface area (Å²) in [5.41, 5.74) is -0.681. The topological polar surface area (TPSA) is 20.2 Å². The molecule has 1 fully saturated rings. The normalized spacial score (nSPS) is 21.7. The van der Waals surface area contributed by atoms with Crippen LogP contribution in [-0.2, 0) is 0 Å². The summed E-state index contributed by atoms with van der Waals surface area (Å²) in [6, 6.07) is 0. The average Bonchev–Trinajstić information content (AvgIpc) is 2.22. The van der Waals surface area contributed by atoms with E-state index in [9.17, 15) is 0 Å². The lowest BCUT2D eigenvalue weighted by molar-refractivity contribution is 0.212. The van der Waals surface area contributed by atoms with Gasteiger partial charge in [-0.3, -0.25) is 0 Å². The molecule has 0 aromatic rings. The second kappa shape index (κ2) is 1.55. The Morgan fingerprint density at radius 3 is 2.00 bits per heavy atom. The molecule has 1 heteroatoms. The first-order chi connectivity index (χ1) is 2.77. The molecular formula is C6H10O. The molecule has 0 amide bonds. The van der Waals surface area contributed by atoms with Gasteiger partial charge in [0.2, 0.25) is 0 Å². The number of hydrogen-bond acceptors (Lipinski definition) is 1. The molecular weight excluding hydrogens is 88.1 g/mol. The minimum atomic E-state index is -0.681. The highest BCUT2D eigenvalue weighted by Gasteiger charge is 2.37. The van der Waals surface area contributed by atoms with E-state index in [2.05, 4.69) is 5.92 Å². The van der Waals surface area contributed by atoms with E-state index in [-0.39, 0.29) is 7.43 Å². The van der Waals surface area contributed by atoms with E-state index in [1.165, 1.54) is 0 Å². The Labute approximate surface area is 44.4 Å². The molecule has 40 valence electrons. The van der Waals surface area contributed by atoms with Gasteiger partial charge >= 0.3 is 0 Å². The third-order valence-corrected chi connectivity index (χ3v) is 0.992. The second-order valence-electron chi connectivity index (χ2n) is 1.68. The zero-order valence-corrected chi connectivity index (χ0v) is 3.44. The first kappa shape index (κ1) is 6.52. The van der Waals surface area contributed by atoms with Gasteiger partial charge in [0.05, 0.1) is 0 Å². The van der Waals surface area contributed by atoms with Crippen molar-refractivity contribution < 1.29 is 5.11 Å². The van der Waals surface area contributed by atoms with E-state index in [1.54, 1.807) is 0 Å². The summed E-state index contributed by atoms with van der Waals surface area (Å²) < 4.78 is 0. The molecule has 1 aliphatic rings. The van der Waals surface area contributed by atoms with Gasteiger partial charge in [0.1, 0.15) is 5.60 Å². The van der Waals surface area contributed by atoms with Gasteiger partial charge < -0.3 is 5.11 Å². The molecule has 0 unspecified atom stereocenters. The summed E-state index contributed by atoms with van der Waals surface area (Å²) in [7, 11) is 0. The van der Waals surface area contributed by atoms with E-state index < -0.39 is 5.60 Å². The third kappa shape index (κ3) is 1.21. The van der Waals surface area contributed by atoms with Crippen LogP contribution < -0.4 is 0 Å². The fraction of sp³-hybridized carbons (Fsp3) is 0.667. The monoisotopic (exact) mass is 98.1 g/mol. The lowest BCUT2D eigenvalue weighted by Gasteiger charge is -1.87. The van der Waals surface area contributed by atoms with Crippen molar-refractivity contribution in [3.8, 4) is 12.3 Å². The van der Waals surface area contributed by atoms with Crippen LogP contribution in [0, 0.1) is 12.3 Å². The molecule has 0 aromatic heterocycles. The van der Waals surface area contributed by atoms with E-state index in [0.717, 1.165) is 12.8 Å². The molecule has 0 aromatic carbocycles. The van der Waals surface area contributed by atoms with Crippen LogP contribution in [-0.4, -0.2) is 10.7 Å². The van der Waals surface area contributed by atoms with E-state index >= 15 is 0 Å². The Hall–Kier alpha value is -0.480. The fourth-order valence-corrected chi connectivity index (χ4v) is 0.263. The Kier molecular flexibility index (Phi) is 1.45. The van der Waals surface area contributed by atoms with Crippen LogP contribution in [0.25, 0.3) is 0 Å². The summed E-state index contributed by atoms with van der Waals surface area (Å²) in [5.74, 6) is 2.27. The quantitative estimate of drug-likeness (QED) is 0.444. The maximum Gasteiger partial charge on any atom is 0.125 e. The lowest BCUT2D eigenvalue weighted by atomic mass is 10.4. The van der Waals surface area contributed by atoms with Crippen molar-refractivity contribution in [2.75, 3.05) is 0 Å². The largest absolute Gasteiger partial charge is 0.378 e. The molecule has 0 bridgehead atoms. The summed E-state index contributed by atoms with van der Waals surface area (Å²) >= 11 is 0. The van der Waals surface area contributed by atoms with Gasteiger partial charge in [0.15, 0.2) is 0 Å². The van der Waals surface area contributed by atoms with Crippen molar-refractivity contribution in [2.24, 2.45) is 0 Å². The summed E-state index contributed by atoms with van der Waals surface area (Å²) in [6.45, 7) is 0. The fourth-order valence-electron chi connectivity index (χ4n) is 0.263. The van der Waals surface area contributed by atoms with Gasteiger partial charge in [0.25, 0.3) is 0 Å². The Morgan fingerprint density at radius 1 is 1.57 bits per heavy atom. The van der Waals surface area contributed by atoms with Crippen LogP contribution in [0.5, 0.6) is 0 Å². The van der Waals surface area contributed by atoms with Crippen molar-refractivity contribution in [1.29, 1.82) is 0 Å². The maximum atomic E-state index is 8.70. The number of hydrogen-bond donors (Lipinski definition) is 1.